The van der Waals surface area contributed by atoms with Gasteiger partial charge in [-0.1, -0.05) is 97.4 Å². The molecule has 5 heteroatoms. The van der Waals surface area contributed by atoms with Gasteiger partial charge in [0.1, 0.15) is 6.04 Å². The van der Waals surface area contributed by atoms with E-state index >= 15 is 0 Å². The van der Waals surface area contributed by atoms with Crippen LogP contribution in [-0.4, -0.2) is 34.6 Å². The van der Waals surface area contributed by atoms with E-state index in [-0.39, 0.29) is 17.9 Å². The summed E-state index contributed by atoms with van der Waals surface area (Å²) in [5, 5.41) is 3.12. The van der Waals surface area contributed by atoms with Gasteiger partial charge in [0.15, 0.2) is 0 Å². The van der Waals surface area contributed by atoms with Gasteiger partial charge in [0.05, 0.1) is 5.75 Å². The van der Waals surface area contributed by atoms with Crippen molar-refractivity contribution in [2.75, 3.05) is 5.75 Å². The second-order valence-electron chi connectivity index (χ2n) is 9.01. The van der Waals surface area contributed by atoms with Crippen LogP contribution in [0, 0.1) is 6.92 Å². The van der Waals surface area contributed by atoms with Crippen molar-refractivity contribution >= 4 is 23.6 Å². The van der Waals surface area contributed by atoms with Crippen molar-refractivity contribution in [3.8, 4) is 0 Å². The number of nitrogens with one attached hydrogen (secondary N) is 1. The number of amides is 2. The highest BCUT2D eigenvalue weighted by Crippen LogP contribution is 2.19. The highest BCUT2D eigenvalue weighted by atomic mass is 32.2. The van der Waals surface area contributed by atoms with E-state index < -0.39 is 6.04 Å². The maximum absolute atomic E-state index is 13.6. The topological polar surface area (TPSA) is 49.4 Å². The first-order chi connectivity index (χ1) is 17.0. The van der Waals surface area contributed by atoms with Gasteiger partial charge in [0, 0.05) is 24.8 Å². The van der Waals surface area contributed by atoms with Crippen LogP contribution in [0.2, 0.25) is 0 Å². The fraction of sp³-hybridized carbons (Fsp3) is 0.333. The molecule has 3 rings (SSSR count). The molecule has 3 aromatic carbocycles. The Morgan fingerprint density at radius 2 is 1.51 bits per heavy atom. The zero-order chi connectivity index (χ0) is 25.0. The smallest absolute Gasteiger partial charge is 0.243 e. The predicted octanol–water partition coefficient (Wildman–Crippen LogP) is 5.78. The van der Waals surface area contributed by atoms with Crippen LogP contribution < -0.4 is 5.32 Å². The number of hydrogen-bond donors (Lipinski definition) is 1. The standard InChI is InChI=1S/C30H36N2O2S/c1-4-24(3)31-30(34)28(19-25-13-7-5-8-14-25)32(20-27-17-11-12-23(2)18-27)29(33)22-35-21-26-15-9-6-10-16-26/h5-18,24,28H,4,19-22H2,1-3H3,(H,31,34). The van der Waals surface area contributed by atoms with E-state index in [4.69, 9.17) is 0 Å². The lowest BCUT2D eigenvalue weighted by molar-refractivity contribution is -0.139. The predicted molar refractivity (Wildman–Crippen MR) is 146 cm³/mol. The first-order valence-corrected chi connectivity index (χ1v) is 13.4. The molecule has 4 nitrogen and oxygen atoms in total. The third-order valence-corrected chi connectivity index (χ3v) is 7.03. The van der Waals surface area contributed by atoms with E-state index in [2.05, 4.69) is 23.5 Å². The Labute approximate surface area is 214 Å². The average molecular weight is 489 g/mol. The molecule has 0 spiro atoms. The molecular formula is C30H36N2O2S. The summed E-state index contributed by atoms with van der Waals surface area (Å²) in [7, 11) is 0. The molecular weight excluding hydrogens is 452 g/mol. The van der Waals surface area contributed by atoms with Crippen LogP contribution in [0.5, 0.6) is 0 Å². The van der Waals surface area contributed by atoms with Crippen molar-refractivity contribution in [2.24, 2.45) is 0 Å². The number of hydrogen-bond acceptors (Lipinski definition) is 3. The molecule has 0 heterocycles. The summed E-state index contributed by atoms with van der Waals surface area (Å²) in [5.41, 5.74) is 4.39. The lowest BCUT2D eigenvalue weighted by Crippen LogP contribution is -2.52. The summed E-state index contributed by atoms with van der Waals surface area (Å²) in [6.45, 7) is 6.49. The second-order valence-corrected chi connectivity index (χ2v) is 10.00. The van der Waals surface area contributed by atoms with Gasteiger partial charge in [-0.25, -0.2) is 0 Å². The molecule has 0 radical (unpaired) electrons. The Kier molecular flexibility index (Phi) is 10.4. The van der Waals surface area contributed by atoms with Gasteiger partial charge in [-0.2, -0.15) is 0 Å². The minimum absolute atomic E-state index is 0.0207. The molecule has 0 fully saturated rings. The molecule has 1 N–H and O–H groups in total. The second kappa shape index (κ2) is 13.7. The van der Waals surface area contributed by atoms with E-state index in [0.717, 1.165) is 28.9 Å². The van der Waals surface area contributed by atoms with Gasteiger partial charge >= 0.3 is 0 Å². The Balaban J connectivity index is 1.86. The van der Waals surface area contributed by atoms with Crippen LogP contribution >= 0.6 is 11.8 Å². The molecule has 35 heavy (non-hydrogen) atoms. The van der Waals surface area contributed by atoms with Crippen molar-refractivity contribution < 1.29 is 9.59 Å². The number of nitrogens with zero attached hydrogens (tertiary/aromatic N) is 1. The fourth-order valence-corrected chi connectivity index (χ4v) is 4.79. The number of rotatable bonds is 12. The third-order valence-electron chi connectivity index (χ3n) is 6.04. The minimum atomic E-state index is -0.586. The van der Waals surface area contributed by atoms with Gasteiger partial charge < -0.3 is 10.2 Å². The molecule has 0 saturated carbocycles. The van der Waals surface area contributed by atoms with Crippen molar-refractivity contribution in [2.45, 2.75) is 58.0 Å². The molecule has 0 aromatic heterocycles. The first-order valence-electron chi connectivity index (χ1n) is 12.3. The Morgan fingerprint density at radius 3 is 2.14 bits per heavy atom. The normalized spacial score (nSPS) is 12.5. The van der Waals surface area contributed by atoms with Crippen molar-refractivity contribution in [3.63, 3.8) is 0 Å². The van der Waals surface area contributed by atoms with Gasteiger partial charge in [0.25, 0.3) is 0 Å². The van der Waals surface area contributed by atoms with Crippen LogP contribution in [-0.2, 0) is 28.3 Å². The molecule has 2 atom stereocenters. The maximum atomic E-state index is 13.6. The van der Waals surface area contributed by atoms with Crippen LogP contribution in [0.15, 0.2) is 84.9 Å². The number of thioether (sulfide) groups is 1. The molecule has 0 aliphatic rings. The summed E-state index contributed by atoms with van der Waals surface area (Å²) in [6, 6.07) is 27.7. The van der Waals surface area contributed by atoms with Gasteiger partial charge in [-0.05, 0) is 37.0 Å². The lowest BCUT2D eigenvalue weighted by Gasteiger charge is -2.32. The molecule has 0 aliphatic carbocycles. The monoisotopic (exact) mass is 488 g/mol. The summed E-state index contributed by atoms with van der Waals surface area (Å²) < 4.78 is 0. The van der Waals surface area contributed by atoms with Crippen molar-refractivity contribution in [1.29, 1.82) is 0 Å². The highest BCUT2D eigenvalue weighted by Gasteiger charge is 2.30. The zero-order valence-corrected chi connectivity index (χ0v) is 21.8. The number of carbonyl (C=O) groups is 2. The Morgan fingerprint density at radius 1 is 0.886 bits per heavy atom. The highest BCUT2D eigenvalue weighted by molar-refractivity contribution is 7.99. The van der Waals surface area contributed by atoms with E-state index in [1.54, 1.807) is 16.7 Å². The minimum Gasteiger partial charge on any atom is -0.352 e. The first kappa shape index (κ1) is 26.6. The van der Waals surface area contributed by atoms with E-state index in [0.29, 0.717) is 18.7 Å². The van der Waals surface area contributed by atoms with Gasteiger partial charge in [-0.3, -0.25) is 9.59 Å². The number of benzene rings is 3. The van der Waals surface area contributed by atoms with Crippen LogP contribution in [0.25, 0.3) is 0 Å². The van der Waals surface area contributed by atoms with Gasteiger partial charge in [-0.15, -0.1) is 11.8 Å². The summed E-state index contributed by atoms with van der Waals surface area (Å²) in [6.07, 6.45) is 1.31. The van der Waals surface area contributed by atoms with Crippen LogP contribution in [0.4, 0.5) is 0 Å². The molecule has 2 unspecified atom stereocenters. The summed E-state index contributed by atoms with van der Waals surface area (Å²) >= 11 is 1.59. The largest absolute Gasteiger partial charge is 0.352 e. The third kappa shape index (κ3) is 8.59. The average Bonchev–Trinajstić information content (AvgIpc) is 2.87. The zero-order valence-electron chi connectivity index (χ0n) is 20.9. The van der Waals surface area contributed by atoms with E-state index in [1.807, 2.05) is 87.5 Å². The summed E-state index contributed by atoms with van der Waals surface area (Å²) in [4.78, 5) is 28.9. The van der Waals surface area contributed by atoms with E-state index in [9.17, 15) is 9.59 Å². The summed E-state index contributed by atoms with van der Waals surface area (Å²) in [5.74, 6) is 0.959. The molecule has 3 aromatic rings. The van der Waals surface area contributed by atoms with E-state index in [1.165, 1.54) is 5.56 Å². The maximum Gasteiger partial charge on any atom is 0.243 e. The molecule has 2 amide bonds. The van der Waals surface area contributed by atoms with Gasteiger partial charge in [0.2, 0.25) is 11.8 Å². The Bertz CT molecular complexity index is 1070. The fourth-order valence-electron chi connectivity index (χ4n) is 3.92. The molecule has 0 bridgehead atoms. The number of carbonyl (C=O) groups excluding carboxylic acids is 2. The molecule has 184 valence electrons. The van der Waals surface area contributed by atoms with Crippen molar-refractivity contribution in [1.82, 2.24) is 10.2 Å². The lowest BCUT2D eigenvalue weighted by atomic mass is 10.0. The van der Waals surface area contributed by atoms with Crippen molar-refractivity contribution in [3.05, 3.63) is 107 Å². The SMILES string of the molecule is CCC(C)NC(=O)C(Cc1ccccc1)N(Cc1cccc(C)c1)C(=O)CSCc1ccccc1. The number of aryl methyl sites for hydroxylation is 1. The Hall–Kier alpha value is -3.05. The van der Waals surface area contributed by atoms with Crippen LogP contribution in [0.1, 0.15) is 42.5 Å². The quantitative estimate of drug-likeness (QED) is 0.351. The van der Waals surface area contributed by atoms with Crippen LogP contribution in [0.3, 0.4) is 0 Å². The molecule has 0 saturated heterocycles. The molecule has 0 aliphatic heterocycles.